The second-order valence-electron chi connectivity index (χ2n) is 7.01. The molecule has 1 fully saturated rings. The number of benzene rings is 1. The molecular formula is C21H28N4O. The second kappa shape index (κ2) is 8.79. The number of amides is 1. The molecule has 0 bridgehead atoms. The van der Waals surface area contributed by atoms with E-state index < -0.39 is 0 Å². The van der Waals surface area contributed by atoms with Gasteiger partial charge in [0.2, 0.25) is 0 Å². The van der Waals surface area contributed by atoms with Crippen LogP contribution >= 0.6 is 0 Å². The molecule has 1 heterocycles. The fourth-order valence-electron chi connectivity index (χ4n) is 3.53. The van der Waals surface area contributed by atoms with Gasteiger partial charge in [-0.25, -0.2) is 9.97 Å². The maximum absolute atomic E-state index is 12.5. The Hall–Kier alpha value is -2.43. The highest BCUT2D eigenvalue weighted by Gasteiger charge is 2.17. The van der Waals surface area contributed by atoms with Crippen LogP contribution in [0.15, 0.2) is 36.7 Å². The van der Waals surface area contributed by atoms with Gasteiger partial charge in [-0.15, -0.1) is 0 Å². The normalized spacial score (nSPS) is 15.3. The van der Waals surface area contributed by atoms with Gasteiger partial charge in [-0.2, -0.15) is 0 Å². The van der Waals surface area contributed by atoms with E-state index in [2.05, 4.69) is 52.2 Å². The number of anilines is 2. The summed E-state index contributed by atoms with van der Waals surface area (Å²) in [4.78, 5) is 23.4. The van der Waals surface area contributed by atoms with Crippen molar-refractivity contribution in [1.29, 1.82) is 0 Å². The first-order valence-electron chi connectivity index (χ1n) is 9.64. The third-order valence-electron chi connectivity index (χ3n) is 4.97. The van der Waals surface area contributed by atoms with Crippen molar-refractivity contribution in [3.05, 3.63) is 47.9 Å². The van der Waals surface area contributed by atoms with Crippen molar-refractivity contribution in [1.82, 2.24) is 15.3 Å². The van der Waals surface area contributed by atoms with Crippen LogP contribution in [0.5, 0.6) is 0 Å². The van der Waals surface area contributed by atoms with Gasteiger partial charge < -0.3 is 10.2 Å². The van der Waals surface area contributed by atoms with E-state index in [4.69, 9.17) is 0 Å². The van der Waals surface area contributed by atoms with E-state index in [1.165, 1.54) is 31.2 Å². The molecule has 0 aliphatic heterocycles. The van der Waals surface area contributed by atoms with Crippen LogP contribution in [0.25, 0.3) is 0 Å². The van der Waals surface area contributed by atoms with Crippen LogP contribution in [0.2, 0.25) is 0 Å². The maximum Gasteiger partial charge on any atom is 0.271 e. The minimum atomic E-state index is -0.116. The number of carbonyl (C=O) groups excluding carboxylic acids is 1. The number of carbonyl (C=O) groups is 1. The van der Waals surface area contributed by atoms with Gasteiger partial charge in [0.1, 0.15) is 5.69 Å². The first-order chi connectivity index (χ1) is 12.7. The van der Waals surface area contributed by atoms with Gasteiger partial charge in [0.05, 0.1) is 12.4 Å². The van der Waals surface area contributed by atoms with Crippen LogP contribution in [-0.4, -0.2) is 28.5 Å². The van der Waals surface area contributed by atoms with Gasteiger partial charge in [-0.3, -0.25) is 4.79 Å². The summed E-state index contributed by atoms with van der Waals surface area (Å²) in [6.07, 6.45) is 10.3. The Kier molecular flexibility index (Phi) is 6.21. The summed E-state index contributed by atoms with van der Waals surface area (Å²) in [5, 5.41) is 3.12. The molecule has 1 aromatic heterocycles. The largest absolute Gasteiger partial charge is 0.348 e. The summed E-state index contributed by atoms with van der Waals surface area (Å²) in [5.74, 6) is 0.638. The summed E-state index contributed by atoms with van der Waals surface area (Å²) < 4.78 is 0. The predicted molar refractivity (Wildman–Crippen MR) is 105 cm³/mol. The summed E-state index contributed by atoms with van der Waals surface area (Å²) in [5.41, 5.74) is 2.67. The van der Waals surface area contributed by atoms with Crippen molar-refractivity contribution in [3.8, 4) is 0 Å². The predicted octanol–water partition coefficient (Wildman–Crippen LogP) is 4.40. The number of hydrogen-bond donors (Lipinski definition) is 1. The van der Waals surface area contributed by atoms with Crippen LogP contribution in [0.3, 0.4) is 0 Å². The number of aromatic nitrogens is 2. The lowest BCUT2D eigenvalue weighted by molar-refractivity contribution is 0.0928. The summed E-state index contributed by atoms with van der Waals surface area (Å²) in [7, 11) is 0. The molecule has 1 aromatic carbocycles. The quantitative estimate of drug-likeness (QED) is 0.811. The molecule has 26 heavy (non-hydrogen) atoms. The van der Waals surface area contributed by atoms with E-state index in [0.29, 0.717) is 5.69 Å². The molecule has 0 atom stereocenters. The van der Waals surface area contributed by atoms with Gasteiger partial charge in [0, 0.05) is 18.3 Å². The molecule has 2 aromatic rings. The molecule has 0 unspecified atom stereocenters. The summed E-state index contributed by atoms with van der Waals surface area (Å²) >= 11 is 0. The Bertz CT molecular complexity index is 721. The Morgan fingerprint density at radius 1 is 1.15 bits per heavy atom. The van der Waals surface area contributed by atoms with Crippen molar-refractivity contribution >= 4 is 17.4 Å². The highest BCUT2D eigenvalue weighted by Crippen LogP contribution is 2.23. The highest BCUT2D eigenvalue weighted by atomic mass is 16.1. The number of nitrogens with zero attached hydrogens (tertiary/aromatic N) is 3. The molecule has 1 saturated carbocycles. The first-order valence-corrected chi connectivity index (χ1v) is 9.64. The monoisotopic (exact) mass is 352 g/mol. The standard InChI is InChI=1S/C21H28N4O/c1-3-25(18-12-8-9-16(2)13-18)20-15-22-19(14-23-20)21(26)24-17-10-6-4-5-7-11-17/h8-9,12-15,17H,3-7,10-11H2,1-2H3,(H,24,26). The smallest absolute Gasteiger partial charge is 0.271 e. The third kappa shape index (κ3) is 4.59. The van der Waals surface area contributed by atoms with Crippen LogP contribution < -0.4 is 10.2 Å². The van der Waals surface area contributed by atoms with Crippen LogP contribution in [-0.2, 0) is 0 Å². The first kappa shape index (κ1) is 18.4. The van der Waals surface area contributed by atoms with E-state index in [1.54, 1.807) is 12.4 Å². The number of nitrogens with one attached hydrogen (secondary N) is 1. The van der Waals surface area contributed by atoms with Crippen LogP contribution in [0.1, 0.15) is 61.5 Å². The Morgan fingerprint density at radius 3 is 2.54 bits per heavy atom. The Labute approximate surface area is 155 Å². The van der Waals surface area contributed by atoms with Gasteiger partial charge >= 0.3 is 0 Å². The number of aryl methyl sites for hydroxylation is 1. The van der Waals surface area contributed by atoms with Crippen molar-refractivity contribution < 1.29 is 4.79 Å². The van der Waals surface area contributed by atoms with Crippen molar-refractivity contribution in [2.45, 2.75) is 58.4 Å². The lowest BCUT2D eigenvalue weighted by Gasteiger charge is -2.22. The molecule has 5 nitrogen and oxygen atoms in total. The fraction of sp³-hybridized carbons (Fsp3) is 0.476. The third-order valence-corrected chi connectivity index (χ3v) is 4.97. The van der Waals surface area contributed by atoms with Crippen molar-refractivity contribution in [2.24, 2.45) is 0 Å². The van der Waals surface area contributed by atoms with E-state index in [0.717, 1.165) is 30.9 Å². The zero-order valence-electron chi connectivity index (χ0n) is 15.7. The molecule has 1 aliphatic rings. The number of hydrogen-bond acceptors (Lipinski definition) is 4. The van der Waals surface area contributed by atoms with Gasteiger partial charge in [-0.05, 0) is 44.4 Å². The highest BCUT2D eigenvalue weighted by molar-refractivity contribution is 5.92. The van der Waals surface area contributed by atoms with Crippen LogP contribution in [0.4, 0.5) is 11.5 Å². The molecule has 1 N–H and O–H groups in total. The average molecular weight is 352 g/mol. The summed E-state index contributed by atoms with van der Waals surface area (Å²) in [6.45, 7) is 4.94. The number of rotatable bonds is 5. The van der Waals surface area contributed by atoms with Gasteiger partial charge in [0.15, 0.2) is 5.82 Å². The van der Waals surface area contributed by atoms with Gasteiger partial charge in [0.25, 0.3) is 5.91 Å². The van der Waals surface area contributed by atoms with Crippen molar-refractivity contribution in [3.63, 3.8) is 0 Å². The lowest BCUT2D eigenvalue weighted by atomic mass is 10.1. The fourth-order valence-corrected chi connectivity index (χ4v) is 3.53. The molecule has 0 saturated heterocycles. The summed E-state index contributed by atoms with van der Waals surface area (Å²) in [6, 6.07) is 8.56. The molecule has 3 rings (SSSR count). The zero-order valence-corrected chi connectivity index (χ0v) is 15.7. The van der Waals surface area contributed by atoms with E-state index in [9.17, 15) is 4.79 Å². The molecule has 0 radical (unpaired) electrons. The molecule has 1 amide bonds. The molecule has 1 aliphatic carbocycles. The molecule has 5 heteroatoms. The van der Waals surface area contributed by atoms with Crippen LogP contribution in [0, 0.1) is 6.92 Å². The van der Waals surface area contributed by atoms with E-state index in [-0.39, 0.29) is 11.9 Å². The zero-order chi connectivity index (χ0) is 18.4. The topological polar surface area (TPSA) is 58.1 Å². The second-order valence-corrected chi connectivity index (χ2v) is 7.01. The average Bonchev–Trinajstić information content (AvgIpc) is 2.92. The molecule has 0 spiro atoms. The minimum Gasteiger partial charge on any atom is -0.348 e. The van der Waals surface area contributed by atoms with E-state index >= 15 is 0 Å². The Balaban J connectivity index is 1.69. The van der Waals surface area contributed by atoms with Crippen molar-refractivity contribution in [2.75, 3.05) is 11.4 Å². The van der Waals surface area contributed by atoms with Gasteiger partial charge in [-0.1, -0.05) is 37.8 Å². The van der Waals surface area contributed by atoms with E-state index in [1.807, 2.05) is 6.07 Å². The molecule has 138 valence electrons. The lowest BCUT2D eigenvalue weighted by Crippen LogP contribution is -2.35. The SMILES string of the molecule is CCN(c1cccc(C)c1)c1cnc(C(=O)NC2CCCCCC2)cn1. The molecular weight excluding hydrogens is 324 g/mol. The Morgan fingerprint density at radius 2 is 1.92 bits per heavy atom. The maximum atomic E-state index is 12.5. The minimum absolute atomic E-state index is 0.116.